The van der Waals surface area contributed by atoms with E-state index in [9.17, 15) is 0 Å². The minimum atomic E-state index is 0.627. The van der Waals surface area contributed by atoms with Crippen molar-refractivity contribution in [1.29, 1.82) is 0 Å². The second kappa shape index (κ2) is 4.80. The molecule has 0 aliphatic rings. The molecule has 2 aromatic rings. The number of hydrogen-bond acceptors (Lipinski definition) is 1. The molecule has 0 bridgehead atoms. The maximum atomic E-state index is 5.37. The van der Waals surface area contributed by atoms with Gasteiger partial charge in [-0.25, -0.2) is 0 Å². The Balaban J connectivity index is 2.05. The molecule has 15 heavy (non-hydrogen) atoms. The molecule has 0 spiro atoms. The number of para-hydroxylation sites is 1. The SMILES string of the molecule is C=CCOCCc1c[nH]c2ccccc12. The Bertz CT molecular complexity index is 444. The van der Waals surface area contributed by atoms with Crippen molar-refractivity contribution in [3.05, 3.63) is 48.7 Å². The number of rotatable bonds is 5. The van der Waals surface area contributed by atoms with Crippen LogP contribution in [-0.4, -0.2) is 18.2 Å². The Hall–Kier alpha value is -1.54. The molecule has 0 amide bonds. The first-order valence-corrected chi connectivity index (χ1v) is 5.15. The van der Waals surface area contributed by atoms with Crippen molar-refractivity contribution in [2.24, 2.45) is 0 Å². The lowest BCUT2D eigenvalue weighted by molar-refractivity contribution is 0.166. The molecule has 0 aliphatic carbocycles. The fraction of sp³-hybridized carbons (Fsp3) is 0.231. The number of ether oxygens (including phenoxy) is 1. The second-order valence-electron chi connectivity index (χ2n) is 3.47. The predicted molar refractivity (Wildman–Crippen MR) is 63.0 cm³/mol. The Labute approximate surface area is 89.6 Å². The second-order valence-corrected chi connectivity index (χ2v) is 3.47. The van der Waals surface area contributed by atoms with Gasteiger partial charge in [0.2, 0.25) is 0 Å². The van der Waals surface area contributed by atoms with Gasteiger partial charge in [-0.15, -0.1) is 6.58 Å². The maximum Gasteiger partial charge on any atom is 0.0644 e. The summed E-state index contributed by atoms with van der Waals surface area (Å²) in [6, 6.07) is 8.32. The lowest BCUT2D eigenvalue weighted by Crippen LogP contribution is -1.97. The molecule has 0 saturated carbocycles. The zero-order chi connectivity index (χ0) is 10.5. The number of aromatic nitrogens is 1. The van der Waals surface area contributed by atoms with Crippen LogP contribution in [0.2, 0.25) is 0 Å². The van der Waals surface area contributed by atoms with E-state index in [0.29, 0.717) is 6.61 Å². The fourth-order valence-corrected chi connectivity index (χ4v) is 1.69. The third-order valence-electron chi connectivity index (χ3n) is 2.43. The van der Waals surface area contributed by atoms with Crippen molar-refractivity contribution in [2.75, 3.05) is 13.2 Å². The molecule has 0 fully saturated rings. The first kappa shape index (κ1) is 9.99. The highest BCUT2D eigenvalue weighted by atomic mass is 16.5. The zero-order valence-corrected chi connectivity index (χ0v) is 8.70. The van der Waals surface area contributed by atoms with E-state index in [1.165, 1.54) is 16.5 Å². The highest BCUT2D eigenvalue weighted by Gasteiger charge is 2.01. The summed E-state index contributed by atoms with van der Waals surface area (Å²) >= 11 is 0. The van der Waals surface area contributed by atoms with Crippen LogP contribution in [0.5, 0.6) is 0 Å². The van der Waals surface area contributed by atoms with E-state index in [2.05, 4.69) is 36.0 Å². The largest absolute Gasteiger partial charge is 0.377 e. The maximum absolute atomic E-state index is 5.37. The van der Waals surface area contributed by atoms with Crippen molar-refractivity contribution < 1.29 is 4.74 Å². The lowest BCUT2D eigenvalue weighted by Gasteiger charge is -2.00. The van der Waals surface area contributed by atoms with Crippen molar-refractivity contribution in [2.45, 2.75) is 6.42 Å². The average Bonchev–Trinajstić information content (AvgIpc) is 2.68. The number of benzene rings is 1. The summed E-state index contributed by atoms with van der Waals surface area (Å²) < 4.78 is 5.37. The minimum absolute atomic E-state index is 0.627. The molecule has 78 valence electrons. The van der Waals surface area contributed by atoms with Gasteiger partial charge in [-0.05, 0) is 18.1 Å². The number of fused-ring (bicyclic) bond motifs is 1. The topological polar surface area (TPSA) is 25.0 Å². The summed E-state index contributed by atoms with van der Waals surface area (Å²) in [4.78, 5) is 3.25. The molecule has 0 radical (unpaired) electrons. The van der Waals surface area contributed by atoms with E-state index in [1.54, 1.807) is 6.08 Å². The van der Waals surface area contributed by atoms with Crippen LogP contribution >= 0.6 is 0 Å². The Morgan fingerprint density at radius 1 is 1.33 bits per heavy atom. The van der Waals surface area contributed by atoms with Crippen LogP contribution in [0.15, 0.2) is 43.1 Å². The van der Waals surface area contributed by atoms with Gasteiger partial charge in [0, 0.05) is 17.1 Å². The first-order chi connectivity index (χ1) is 7.42. The molecule has 1 heterocycles. The number of hydrogen-bond donors (Lipinski definition) is 1. The van der Waals surface area contributed by atoms with E-state index in [-0.39, 0.29) is 0 Å². The van der Waals surface area contributed by atoms with Gasteiger partial charge < -0.3 is 9.72 Å². The molecule has 2 rings (SSSR count). The normalized spacial score (nSPS) is 10.7. The number of nitrogens with one attached hydrogen (secondary N) is 1. The quantitative estimate of drug-likeness (QED) is 0.584. The van der Waals surface area contributed by atoms with Crippen LogP contribution in [-0.2, 0) is 11.2 Å². The molecule has 1 N–H and O–H groups in total. The smallest absolute Gasteiger partial charge is 0.0644 e. The molecule has 0 atom stereocenters. The Kier molecular flexibility index (Phi) is 3.20. The van der Waals surface area contributed by atoms with E-state index in [1.807, 2.05) is 6.07 Å². The standard InChI is InChI=1S/C13H15NO/c1-2-8-15-9-7-11-10-14-13-6-4-3-5-12(11)13/h2-6,10,14H,1,7-9H2. The van der Waals surface area contributed by atoms with E-state index in [4.69, 9.17) is 4.74 Å². The van der Waals surface area contributed by atoms with Crippen molar-refractivity contribution in [3.63, 3.8) is 0 Å². The summed E-state index contributed by atoms with van der Waals surface area (Å²) in [6.45, 7) is 4.99. The highest BCUT2D eigenvalue weighted by molar-refractivity contribution is 5.82. The summed E-state index contributed by atoms with van der Waals surface area (Å²) in [5.74, 6) is 0. The third-order valence-corrected chi connectivity index (χ3v) is 2.43. The van der Waals surface area contributed by atoms with E-state index in [0.717, 1.165) is 13.0 Å². The van der Waals surface area contributed by atoms with Gasteiger partial charge in [-0.2, -0.15) is 0 Å². The molecular weight excluding hydrogens is 186 g/mol. The van der Waals surface area contributed by atoms with Gasteiger partial charge in [0.1, 0.15) is 0 Å². The number of aromatic amines is 1. The Morgan fingerprint density at radius 3 is 3.07 bits per heavy atom. The van der Waals surface area contributed by atoms with Crippen molar-refractivity contribution in [3.8, 4) is 0 Å². The first-order valence-electron chi connectivity index (χ1n) is 5.15. The highest BCUT2D eigenvalue weighted by Crippen LogP contribution is 2.17. The van der Waals surface area contributed by atoms with Gasteiger partial charge in [-0.3, -0.25) is 0 Å². The van der Waals surface area contributed by atoms with Gasteiger partial charge in [0.05, 0.1) is 13.2 Å². The molecule has 2 nitrogen and oxygen atoms in total. The van der Waals surface area contributed by atoms with Gasteiger partial charge in [0.15, 0.2) is 0 Å². The molecule has 2 heteroatoms. The molecule has 1 aromatic carbocycles. The van der Waals surface area contributed by atoms with Crippen LogP contribution < -0.4 is 0 Å². The molecule has 1 aromatic heterocycles. The zero-order valence-electron chi connectivity index (χ0n) is 8.70. The van der Waals surface area contributed by atoms with E-state index < -0.39 is 0 Å². The molecular formula is C13H15NO. The minimum Gasteiger partial charge on any atom is -0.377 e. The Morgan fingerprint density at radius 2 is 2.20 bits per heavy atom. The fourth-order valence-electron chi connectivity index (χ4n) is 1.69. The summed E-state index contributed by atoms with van der Waals surface area (Å²) in [5, 5.41) is 1.29. The van der Waals surface area contributed by atoms with Gasteiger partial charge in [-0.1, -0.05) is 24.3 Å². The van der Waals surface area contributed by atoms with Crippen LogP contribution in [0.1, 0.15) is 5.56 Å². The molecule has 0 unspecified atom stereocenters. The van der Waals surface area contributed by atoms with Crippen molar-refractivity contribution >= 4 is 10.9 Å². The lowest BCUT2D eigenvalue weighted by atomic mass is 10.1. The van der Waals surface area contributed by atoms with Gasteiger partial charge >= 0.3 is 0 Å². The summed E-state index contributed by atoms with van der Waals surface area (Å²) in [6.07, 6.45) is 4.77. The summed E-state index contributed by atoms with van der Waals surface area (Å²) in [5.41, 5.74) is 2.51. The van der Waals surface area contributed by atoms with Crippen LogP contribution in [0.25, 0.3) is 10.9 Å². The molecule has 0 aliphatic heterocycles. The van der Waals surface area contributed by atoms with Crippen LogP contribution in [0.4, 0.5) is 0 Å². The number of H-pyrrole nitrogens is 1. The predicted octanol–water partition coefficient (Wildman–Crippen LogP) is 2.91. The van der Waals surface area contributed by atoms with Crippen LogP contribution in [0, 0.1) is 0 Å². The third kappa shape index (κ3) is 2.28. The summed E-state index contributed by atoms with van der Waals surface area (Å²) in [7, 11) is 0. The monoisotopic (exact) mass is 201 g/mol. The average molecular weight is 201 g/mol. The van der Waals surface area contributed by atoms with E-state index >= 15 is 0 Å². The molecule has 0 saturated heterocycles. The van der Waals surface area contributed by atoms with Crippen LogP contribution in [0.3, 0.4) is 0 Å². The van der Waals surface area contributed by atoms with Crippen molar-refractivity contribution in [1.82, 2.24) is 4.98 Å². The van der Waals surface area contributed by atoms with Gasteiger partial charge in [0.25, 0.3) is 0 Å².